The standard InChI is InChI=1S/C16H19NO2/c1-11(17-12(2)15-4-3-8-18-15)13-5-6-16-14(10-13)7-9-19-16/h3-6,8,10-12,17H,7,9H2,1-2H3/t11?,12-/m1/s1. The smallest absolute Gasteiger partial charge is 0.122 e. The Morgan fingerprint density at radius 3 is 2.84 bits per heavy atom. The van der Waals surface area contributed by atoms with Gasteiger partial charge in [0, 0.05) is 12.5 Å². The summed E-state index contributed by atoms with van der Waals surface area (Å²) in [5, 5.41) is 3.56. The number of nitrogens with one attached hydrogen (secondary N) is 1. The molecule has 2 aromatic rings. The molecule has 2 atom stereocenters. The molecule has 19 heavy (non-hydrogen) atoms. The average molecular weight is 257 g/mol. The molecule has 3 heteroatoms. The first-order chi connectivity index (χ1) is 9.24. The summed E-state index contributed by atoms with van der Waals surface area (Å²) in [6, 6.07) is 10.9. The second-order valence-electron chi connectivity index (χ2n) is 5.09. The Hall–Kier alpha value is -1.74. The van der Waals surface area contributed by atoms with Gasteiger partial charge in [-0.2, -0.15) is 0 Å². The second kappa shape index (κ2) is 5.10. The molecule has 0 spiro atoms. The third kappa shape index (κ3) is 2.51. The quantitative estimate of drug-likeness (QED) is 0.908. The molecule has 3 rings (SSSR count). The summed E-state index contributed by atoms with van der Waals surface area (Å²) in [7, 11) is 0. The number of ether oxygens (including phenoxy) is 1. The number of benzene rings is 1. The lowest BCUT2D eigenvalue weighted by atomic mass is 10.0. The number of hydrogen-bond acceptors (Lipinski definition) is 3. The average Bonchev–Trinajstić information content (AvgIpc) is 3.09. The number of fused-ring (bicyclic) bond motifs is 1. The van der Waals surface area contributed by atoms with E-state index < -0.39 is 0 Å². The molecule has 0 bridgehead atoms. The van der Waals surface area contributed by atoms with Crippen LogP contribution >= 0.6 is 0 Å². The van der Waals surface area contributed by atoms with E-state index in [2.05, 4.69) is 37.4 Å². The second-order valence-corrected chi connectivity index (χ2v) is 5.09. The predicted octanol–water partition coefficient (Wildman–Crippen LogP) is 3.63. The highest BCUT2D eigenvalue weighted by molar-refractivity contribution is 5.40. The maximum Gasteiger partial charge on any atom is 0.122 e. The largest absolute Gasteiger partial charge is 0.493 e. The van der Waals surface area contributed by atoms with Gasteiger partial charge in [0.15, 0.2) is 0 Å². The van der Waals surface area contributed by atoms with Crippen LogP contribution in [0.25, 0.3) is 0 Å². The molecule has 0 radical (unpaired) electrons. The normalized spacial score (nSPS) is 16.7. The van der Waals surface area contributed by atoms with Gasteiger partial charge in [-0.25, -0.2) is 0 Å². The third-order valence-corrected chi connectivity index (χ3v) is 3.68. The van der Waals surface area contributed by atoms with Crippen molar-refractivity contribution in [3.8, 4) is 5.75 Å². The highest BCUT2D eigenvalue weighted by Crippen LogP contribution is 2.29. The Labute approximate surface area is 113 Å². The highest BCUT2D eigenvalue weighted by Gasteiger charge is 2.16. The molecule has 0 fully saturated rings. The summed E-state index contributed by atoms with van der Waals surface area (Å²) in [4.78, 5) is 0. The molecule has 0 aliphatic carbocycles. The van der Waals surface area contributed by atoms with E-state index in [9.17, 15) is 0 Å². The molecular formula is C16H19NO2. The molecule has 1 N–H and O–H groups in total. The van der Waals surface area contributed by atoms with Crippen molar-refractivity contribution in [2.75, 3.05) is 6.61 Å². The van der Waals surface area contributed by atoms with Gasteiger partial charge in [0.2, 0.25) is 0 Å². The van der Waals surface area contributed by atoms with Crippen LogP contribution in [0.4, 0.5) is 0 Å². The Morgan fingerprint density at radius 1 is 1.16 bits per heavy atom. The first-order valence-electron chi connectivity index (χ1n) is 6.79. The fraction of sp³-hybridized carbons (Fsp3) is 0.375. The first kappa shape index (κ1) is 12.3. The number of furan rings is 1. The van der Waals surface area contributed by atoms with Crippen molar-refractivity contribution in [3.05, 3.63) is 53.5 Å². The SMILES string of the molecule is CC(N[C@H](C)c1ccco1)c1ccc2c(c1)CCO2. The molecule has 1 aromatic heterocycles. The first-order valence-corrected chi connectivity index (χ1v) is 6.79. The van der Waals surface area contributed by atoms with Gasteiger partial charge in [0.25, 0.3) is 0 Å². The Morgan fingerprint density at radius 2 is 2.05 bits per heavy atom. The van der Waals surface area contributed by atoms with Gasteiger partial charge in [0.05, 0.1) is 18.9 Å². The van der Waals surface area contributed by atoms with Crippen molar-refractivity contribution in [1.29, 1.82) is 0 Å². The van der Waals surface area contributed by atoms with Crippen LogP contribution in [0, 0.1) is 0 Å². The molecule has 0 saturated heterocycles. The summed E-state index contributed by atoms with van der Waals surface area (Å²) in [5.74, 6) is 2.01. The fourth-order valence-corrected chi connectivity index (χ4v) is 2.57. The summed E-state index contributed by atoms with van der Waals surface area (Å²) in [6.07, 6.45) is 2.73. The lowest BCUT2D eigenvalue weighted by Crippen LogP contribution is -2.22. The molecule has 1 unspecified atom stereocenters. The molecule has 0 saturated carbocycles. The maximum atomic E-state index is 5.54. The van der Waals surface area contributed by atoms with Crippen LogP contribution in [-0.4, -0.2) is 6.61 Å². The lowest BCUT2D eigenvalue weighted by molar-refractivity contribution is 0.356. The number of rotatable bonds is 4. The summed E-state index contributed by atoms with van der Waals surface area (Å²) < 4.78 is 11.0. The Kier molecular flexibility index (Phi) is 3.30. The van der Waals surface area contributed by atoms with E-state index in [4.69, 9.17) is 9.15 Å². The van der Waals surface area contributed by atoms with E-state index in [0.29, 0.717) is 0 Å². The van der Waals surface area contributed by atoms with Gasteiger partial charge < -0.3 is 14.5 Å². The van der Waals surface area contributed by atoms with E-state index in [0.717, 1.165) is 24.5 Å². The summed E-state index contributed by atoms with van der Waals surface area (Å²) in [5.41, 5.74) is 2.61. The van der Waals surface area contributed by atoms with Crippen LogP contribution in [0.15, 0.2) is 41.0 Å². The van der Waals surface area contributed by atoms with Crippen LogP contribution in [0.3, 0.4) is 0 Å². The van der Waals surface area contributed by atoms with Crippen molar-refractivity contribution in [2.45, 2.75) is 32.4 Å². The molecule has 1 aliphatic rings. The third-order valence-electron chi connectivity index (χ3n) is 3.68. The van der Waals surface area contributed by atoms with Crippen LogP contribution in [0.2, 0.25) is 0 Å². The van der Waals surface area contributed by atoms with E-state index in [1.807, 2.05) is 12.1 Å². The lowest BCUT2D eigenvalue weighted by Gasteiger charge is -2.19. The van der Waals surface area contributed by atoms with Crippen molar-refractivity contribution >= 4 is 0 Å². The zero-order valence-corrected chi connectivity index (χ0v) is 11.3. The molecule has 0 amide bonds. The van der Waals surface area contributed by atoms with E-state index in [1.54, 1.807) is 6.26 Å². The van der Waals surface area contributed by atoms with Crippen LogP contribution < -0.4 is 10.1 Å². The van der Waals surface area contributed by atoms with Crippen LogP contribution in [0.5, 0.6) is 5.75 Å². The topological polar surface area (TPSA) is 34.4 Å². The van der Waals surface area contributed by atoms with E-state index in [-0.39, 0.29) is 12.1 Å². The molecule has 100 valence electrons. The minimum Gasteiger partial charge on any atom is -0.493 e. The highest BCUT2D eigenvalue weighted by atomic mass is 16.5. The van der Waals surface area contributed by atoms with Gasteiger partial charge in [-0.1, -0.05) is 12.1 Å². The summed E-state index contributed by atoms with van der Waals surface area (Å²) in [6.45, 7) is 5.10. The Balaban J connectivity index is 1.72. The van der Waals surface area contributed by atoms with Crippen molar-refractivity contribution in [1.82, 2.24) is 5.32 Å². The molecular weight excluding hydrogens is 238 g/mol. The zero-order valence-electron chi connectivity index (χ0n) is 11.3. The van der Waals surface area contributed by atoms with Gasteiger partial charge >= 0.3 is 0 Å². The van der Waals surface area contributed by atoms with E-state index in [1.165, 1.54) is 11.1 Å². The van der Waals surface area contributed by atoms with Crippen LogP contribution in [-0.2, 0) is 6.42 Å². The molecule has 2 heterocycles. The van der Waals surface area contributed by atoms with Gasteiger partial charge in [-0.15, -0.1) is 0 Å². The van der Waals surface area contributed by atoms with Gasteiger partial charge in [0.1, 0.15) is 11.5 Å². The minimum absolute atomic E-state index is 0.203. The predicted molar refractivity (Wildman–Crippen MR) is 74.3 cm³/mol. The Bertz CT molecular complexity index is 548. The van der Waals surface area contributed by atoms with Crippen LogP contribution in [0.1, 0.15) is 42.8 Å². The number of hydrogen-bond donors (Lipinski definition) is 1. The summed E-state index contributed by atoms with van der Waals surface area (Å²) >= 11 is 0. The monoisotopic (exact) mass is 257 g/mol. The maximum absolute atomic E-state index is 5.54. The minimum atomic E-state index is 0.203. The van der Waals surface area contributed by atoms with E-state index >= 15 is 0 Å². The van der Waals surface area contributed by atoms with Gasteiger partial charge in [-0.3, -0.25) is 0 Å². The van der Waals surface area contributed by atoms with Crippen molar-refractivity contribution in [2.24, 2.45) is 0 Å². The molecule has 1 aromatic carbocycles. The zero-order chi connectivity index (χ0) is 13.2. The molecule has 3 nitrogen and oxygen atoms in total. The van der Waals surface area contributed by atoms with Gasteiger partial charge in [-0.05, 0) is 43.2 Å². The van der Waals surface area contributed by atoms with Crippen molar-refractivity contribution < 1.29 is 9.15 Å². The molecule has 1 aliphatic heterocycles. The fourth-order valence-electron chi connectivity index (χ4n) is 2.57. The van der Waals surface area contributed by atoms with Crippen molar-refractivity contribution in [3.63, 3.8) is 0 Å².